The van der Waals surface area contributed by atoms with Crippen molar-refractivity contribution >= 4 is 0 Å². The maximum Gasteiger partial charge on any atom is 0.573 e. The van der Waals surface area contributed by atoms with Crippen molar-refractivity contribution in [3.8, 4) is 5.75 Å². The highest BCUT2D eigenvalue weighted by atomic mass is 19.4. The van der Waals surface area contributed by atoms with E-state index in [1.165, 1.54) is 12.1 Å². The van der Waals surface area contributed by atoms with E-state index in [1.807, 2.05) is 0 Å². The molecular weight excluding hydrogens is 279 g/mol. The first-order chi connectivity index (χ1) is 9.76. The highest BCUT2D eigenvalue weighted by molar-refractivity contribution is 5.27. The maximum absolute atomic E-state index is 12.1. The quantitative estimate of drug-likeness (QED) is 0.719. The summed E-state index contributed by atoms with van der Waals surface area (Å²) < 4.78 is 40.0. The Kier molecular flexibility index (Phi) is 7.02. The van der Waals surface area contributed by atoms with Crippen LogP contribution in [0.5, 0.6) is 5.75 Å². The van der Waals surface area contributed by atoms with Crippen molar-refractivity contribution in [1.29, 1.82) is 0 Å². The van der Waals surface area contributed by atoms with Gasteiger partial charge in [-0.1, -0.05) is 32.9 Å². The lowest BCUT2D eigenvalue weighted by atomic mass is 9.98. The molecule has 0 amide bonds. The topological polar surface area (TPSA) is 21.3 Å². The van der Waals surface area contributed by atoms with Crippen LogP contribution in [0.4, 0.5) is 13.2 Å². The van der Waals surface area contributed by atoms with Crippen LogP contribution in [0.1, 0.15) is 32.8 Å². The van der Waals surface area contributed by atoms with E-state index in [1.54, 1.807) is 12.1 Å². The number of alkyl halides is 3. The molecule has 0 bridgehead atoms. The number of rotatable bonds is 8. The second kappa shape index (κ2) is 8.27. The van der Waals surface area contributed by atoms with Crippen LogP contribution in [-0.2, 0) is 6.42 Å². The van der Waals surface area contributed by atoms with Crippen molar-refractivity contribution in [2.45, 2.75) is 40.0 Å². The molecule has 0 radical (unpaired) electrons. The molecule has 1 rings (SSSR count). The van der Waals surface area contributed by atoms with Crippen LogP contribution in [0.15, 0.2) is 24.3 Å². The van der Waals surface area contributed by atoms with Crippen LogP contribution >= 0.6 is 0 Å². The molecule has 0 heterocycles. The van der Waals surface area contributed by atoms with Gasteiger partial charge < -0.3 is 10.1 Å². The number of benzene rings is 1. The molecule has 0 fully saturated rings. The standard InChI is InChI=1S/C16H24F3NO/c1-12(2)11-20-9-8-13(3)10-14-4-6-15(7-5-14)21-16(17,18)19/h4-7,12-13,20H,8-11H2,1-3H3. The Balaban J connectivity index is 2.34. The summed E-state index contributed by atoms with van der Waals surface area (Å²) in [7, 11) is 0. The Morgan fingerprint density at radius 3 is 2.24 bits per heavy atom. The molecule has 5 heteroatoms. The summed E-state index contributed by atoms with van der Waals surface area (Å²) in [6, 6.07) is 6.12. The van der Waals surface area contributed by atoms with Gasteiger partial charge in [0.2, 0.25) is 0 Å². The molecule has 120 valence electrons. The van der Waals surface area contributed by atoms with Crippen LogP contribution in [0.3, 0.4) is 0 Å². The second-order valence-corrected chi connectivity index (χ2v) is 5.89. The number of ether oxygens (including phenoxy) is 1. The number of nitrogens with one attached hydrogen (secondary N) is 1. The molecule has 1 atom stereocenters. The second-order valence-electron chi connectivity index (χ2n) is 5.89. The van der Waals surface area contributed by atoms with Gasteiger partial charge in [-0.2, -0.15) is 0 Å². The van der Waals surface area contributed by atoms with Crippen LogP contribution in [0.2, 0.25) is 0 Å². The van der Waals surface area contributed by atoms with Crippen molar-refractivity contribution in [1.82, 2.24) is 5.32 Å². The van der Waals surface area contributed by atoms with Crippen LogP contribution in [0.25, 0.3) is 0 Å². The van der Waals surface area contributed by atoms with E-state index in [2.05, 4.69) is 30.8 Å². The zero-order valence-electron chi connectivity index (χ0n) is 12.8. The van der Waals surface area contributed by atoms with Crippen LogP contribution < -0.4 is 10.1 Å². The van der Waals surface area contributed by atoms with E-state index in [9.17, 15) is 13.2 Å². The molecule has 0 saturated heterocycles. The largest absolute Gasteiger partial charge is 0.573 e. The Morgan fingerprint density at radius 1 is 1.10 bits per heavy atom. The lowest BCUT2D eigenvalue weighted by Crippen LogP contribution is -2.22. The number of hydrogen-bond acceptors (Lipinski definition) is 2. The first-order valence-electron chi connectivity index (χ1n) is 7.31. The summed E-state index contributed by atoms with van der Waals surface area (Å²) in [5.41, 5.74) is 1.03. The van der Waals surface area contributed by atoms with Crippen molar-refractivity contribution in [3.05, 3.63) is 29.8 Å². The van der Waals surface area contributed by atoms with Gasteiger partial charge in [-0.25, -0.2) is 0 Å². The fourth-order valence-corrected chi connectivity index (χ4v) is 2.07. The molecule has 1 aromatic rings. The molecule has 0 spiro atoms. The highest BCUT2D eigenvalue weighted by Gasteiger charge is 2.30. The van der Waals surface area contributed by atoms with E-state index in [4.69, 9.17) is 0 Å². The Labute approximate surface area is 124 Å². The summed E-state index contributed by atoms with van der Waals surface area (Å²) in [6.07, 6.45) is -2.72. The predicted octanol–water partition coefficient (Wildman–Crippen LogP) is 4.40. The van der Waals surface area contributed by atoms with Crippen molar-refractivity contribution < 1.29 is 17.9 Å². The minimum Gasteiger partial charge on any atom is -0.406 e. The Morgan fingerprint density at radius 2 is 1.71 bits per heavy atom. The van der Waals surface area contributed by atoms with Gasteiger partial charge in [0, 0.05) is 0 Å². The van der Waals surface area contributed by atoms with Gasteiger partial charge in [-0.15, -0.1) is 13.2 Å². The molecular formula is C16H24F3NO. The SMILES string of the molecule is CC(C)CNCCC(C)Cc1ccc(OC(F)(F)F)cc1. The smallest absolute Gasteiger partial charge is 0.406 e. The highest BCUT2D eigenvalue weighted by Crippen LogP contribution is 2.23. The molecule has 2 nitrogen and oxygen atoms in total. The third kappa shape index (κ3) is 8.60. The summed E-state index contributed by atoms with van der Waals surface area (Å²) in [6.45, 7) is 8.46. The van der Waals surface area contributed by atoms with Gasteiger partial charge in [0.15, 0.2) is 0 Å². The van der Waals surface area contributed by atoms with Gasteiger partial charge in [0.25, 0.3) is 0 Å². The van der Waals surface area contributed by atoms with E-state index >= 15 is 0 Å². The minimum atomic E-state index is -4.63. The molecule has 0 aliphatic heterocycles. The lowest BCUT2D eigenvalue weighted by Gasteiger charge is -2.14. The van der Waals surface area contributed by atoms with Gasteiger partial charge in [-0.3, -0.25) is 0 Å². The summed E-state index contributed by atoms with van der Waals surface area (Å²) in [5.74, 6) is 0.957. The fourth-order valence-electron chi connectivity index (χ4n) is 2.07. The normalized spacial score (nSPS) is 13.5. The van der Waals surface area contributed by atoms with E-state index < -0.39 is 6.36 Å². The molecule has 21 heavy (non-hydrogen) atoms. The fraction of sp³-hybridized carbons (Fsp3) is 0.625. The number of hydrogen-bond donors (Lipinski definition) is 1. The molecule has 0 aliphatic carbocycles. The molecule has 1 aromatic carbocycles. The van der Waals surface area contributed by atoms with Crippen molar-refractivity contribution in [2.24, 2.45) is 11.8 Å². The third-order valence-corrected chi connectivity index (χ3v) is 3.11. The monoisotopic (exact) mass is 303 g/mol. The zero-order chi connectivity index (χ0) is 15.9. The lowest BCUT2D eigenvalue weighted by molar-refractivity contribution is -0.274. The average Bonchev–Trinajstić information content (AvgIpc) is 2.35. The average molecular weight is 303 g/mol. The van der Waals surface area contributed by atoms with Crippen molar-refractivity contribution in [2.75, 3.05) is 13.1 Å². The van der Waals surface area contributed by atoms with Crippen LogP contribution in [0, 0.1) is 11.8 Å². The predicted molar refractivity (Wildman–Crippen MR) is 78.3 cm³/mol. The summed E-state index contributed by atoms with van der Waals surface area (Å²) in [4.78, 5) is 0. The molecule has 1 N–H and O–H groups in total. The molecule has 0 saturated carbocycles. The van der Waals surface area contributed by atoms with Gasteiger partial charge in [0.1, 0.15) is 5.75 Å². The van der Waals surface area contributed by atoms with Gasteiger partial charge >= 0.3 is 6.36 Å². The van der Waals surface area contributed by atoms with E-state index in [0.717, 1.165) is 31.5 Å². The third-order valence-electron chi connectivity index (χ3n) is 3.11. The first-order valence-corrected chi connectivity index (χ1v) is 7.31. The number of halogens is 3. The first kappa shape index (κ1) is 17.8. The Bertz CT molecular complexity index is 401. The molecule has 0 aromatic heterocycles. The zero-order valence-corrected chi connectivity index (χ0v) is 12.8. The molecule has 1 unspecified atom stereocenters. The minimum absolute atomic E-state index is 0.169. The maximum atomic E-state index is 12.1. The summed E-state index contributed by atoms with van der Waals surface area (Å²) >= 11 is 0. The van der Waals surface area contributed by atoms with Crippen LogP contribution in [-0.4, -0.2) is 19.5 Å². The van der Waals surface area contributed by atoms with E-state index in [-0.39, 0.29) is 5.75 Å². The molecule has 0 aliphatic rings. The van der Waals surface area contributed by atoms with E-state index in [0.29, 0.717) is 11.8 Å². The van der Waals surface area contributed by atoms with Gasteiger partial charge in [-0.05, 0) is 55.5 Å². The van der Waals surface area contributed by atoms with Crippen molar-refractivity contribution in [3.63, 3.8) is 0 Å². The van der Waals surface area contributed by atoms with Gasteiger partial charge in [0.05, 0.1) is 0 Å². The Hall–Kier alpha value is -1.23. The summed E-state index contributed by atoms with van der Waals surface area (Å²) in [5, 5.41) is 3.39.